The Labute approximate surface area is 166 Å². The quantitative estimate of drug-likeness (QED) is 0.787. The van der Waals surface area contributed by atoms with Crippen molar-refractivity contribution >= 4 is 0 Å². The van der Waals surface area contributed by atoms with E-state index in [9.17, 15) is 8.78 Å². The zero-order valence-corrected chi connectivity index (χ0v) is 17.3. The summed E-state index contributed by atoms with van der Waals surface area (Å²) < 4.78 is 28.9. The van der Waals surface area contributed by atoms with Crippen molar-refractivity contribution < 1.29 is 8.78 Å². The van der Waals surface area contributed by atoms with Crippen LogP contribution in [0.2, 0.25) is 0 Å². The molecule has 0 radical (unpaired) electrons. The zero-order valence-electron chi connectivity index (χ0n) is 17.3. The van der Waals surface area contributed by atoms with E-state index >= 15 is 0 Å². The van der Waals surface area contributed by atoms with Gasteiger partial charge in [0.15, 0.2) is 5.82 Å². The third kappa shape index (κ3) is 4.59. The van der Waals surface area contributed by atoms with Gasteiger partial charge in [-0.3, -0.25) is 4.90 Å². The van der Waals surface area contributed by atoms with Crippen LogP contribution in [0.3, 0.4) is 0 Å². The second-order valence-corrected chi connectivity index (χ2v) is 7.61. The highest BCUT2D eigenvalue weighted by Gasteiger charge is 2.20. The maximum absolute atomic E-state index is 14.1. The summed E-state index contributed by atoms with van der Waals surface area (Å²) in [6.07, 6.45) is 0. The summed E-state index contributed by atoms with van der Waals surface area (Å²) in [5, 5.41) is 8.01. The van der Waals surface area contributed by atoms with Crippen LogP contribution in [0, 0.1) is 25.5 Å². The van der Waals surface area contributed by atoms with Gasteiger partial charge in [-0.1, -0.05) is 6.92 Å². The summed E-state index contributed by atoms with van der Waals surface area (Å²) in [7, 11) is 0. The lowest BCUT2D eigenvalue weighted by atomic mass is 10.1. The number of likely N-dealkylation sites (N-methyl/N-ethyl adjacent to an activating group) is 1. The smallest absolute Gasteiger partial charge is 0.151 e. The topological polar surface area (TPSA) is 36.3 Å². The van der Waals surface area contributed by atoms with E-state index in [0.717, 1.165) is 62.3 Å². The molecule has 1 aromatic carbocycles. The standard InChI is InChI=1S/C21H31F2N5/c1-5-26-8-10-27(11-9-26)15(2)13-24-14-19-16(3)25-28(17(19)4)21-7-6-18(22)12-20(21)23/h6-7,12,15,24H,5,8-11,13-14H2,1-4H3. The number of aromatic nitrogens is 2. The lowest BCUT2D eigenvalue weighted by Gasteiger charge is -2.37. The largest absolute Gasteiger partial charge is 0.311 e. The number of nitrogens with one attached hydrogen (secondary N) is 1. The Morgan fingerprint density at radius 3 is 2.50 bits per heavy atom. The molecule has 2 heterocycles. The summed E-state index contributed by atoms with van der Waals surface area (Å²) in [6, 6.07) is 4.04. The van der Waals surface area contributed by atoms with Gasteiger partial charge in [0, 0.05) is 62.6 Å². The first-order valence-electron chi connectivity index (χ1n) is 10.1. The summed E-state index contributed by atoms with van der Waals surface area (Å²) in [6.45, 7) is 15.5. The van der Waals surface area contributed by atoms with Crippen LogP contribution < -0.4 is 5.32 Å². The Balaban J connectivity index is 1.60. The molecule has 1 aliphatic heterocycles. The van der Waals surface area contributed by atoms with Crippen LogP contribution in [0.15, 0.2) is 18.2 Å². The average molecular weight is 392 g/mol. The molecule has 1 saturated heterocycles. The predicted octanol–water partition coefficient (Wildman–Crippen LogP) is 2.88. The van der Waals surface area contributed by atoms with Gasteiger partial charge in [-0.25, -0.2) is 13.5 Å². The highest BCUT2D eigenvalue weighted by molar-refractivity contribution is 5.38. The number of aryl methyl sites for hydroxylation is 1. The molecule has 1 aliphatic rings. The van der Waals surface area contributed by atoms with Crippen molar-refractivity contribution in [1.29, 1.82) is 0 Å². The van der Waals surface area contributed by atoms with E-state index < -0.39 is 11.6 Å². The Hall–Kier alpha value is -1.83. The van der Waals surface area contributed by atoms with Crippen LogP contribution >= 0.6 is 0 Å². The van der Waals surface area contributed by atoms with E-state index in [1.54, 1.807) is 4.68 Å². The fraction of sp³-hybridized carbons (Fsp3) is 0.571. The first kappa shape index (κ1) is 20.9. The molecule has 1 N–H and O–H groups in total. The van der Waals surface area contributed by atoms with Crippen LogP contribution in [0.5, 0.6) is 0 Å². The van der Waals surface area contributed by atoms with Gasteiger partial charge in [0.05, 0.1) is 5.69 Å². The Morgan fingerprint density at radius 2 is 1.86 bits per heavy atom. The maximum Gasteiger partial charge on any atom is 0.151 e. The van der Waals surface area contributed by atoms with E-state index in [1.807, 2.05) is 13.8 Å². The van der Waals surface area contributed by atoms with Gasteiger partial charge in [0.1, 0.15) is 11.5 Å². The average Bonchev–Trinajstić information content (AvgIpc) is 2.96. The van der Waals surface area contributed by atoms with Crippen LogP contribution in [0.25, 0.3) is 5.69 Å². The minimum absolute atomic E-state index is 0.274. The van der Waals surface area contributed by atoms with Crippen molar-refractivity contribution in [2.45, 2.75) is 40.3 Å². The van der Waals surface area contributed by atoms with Crippen LogP contribution in [0.4, 0.5) is 8.78 Å². The van der Waals surface area contributed by atoms with Gasteiger partial charge in [-0.2, -0.15) is 5.10 Å². The van der Waals surface area contributed by atoms with E-state index in [4.69, 9.17) is 0 Å². The molecule has 28 heavy (non-hydrogen) atoms. The van der Waals surface area contributed by atoms with E-state index in [1.165, 1.54) is 12.1 Å². The molecule has 7 heteroatoms. The molecule has 2 aromatic rings. The SMILES string of the molecule is CCN1CCN(C(C)CNCc2c(C)nn(-c3ccc(F)cc3F)c2C)CC1. The molecule has 5 nitrogen and oxygen atoms in total. The van der Waals surface area contributed by atoms with E-state index in [2.05, 4.69) is 34.1 Å². The number of rotatable bonds is 7. The number of hydrogen-bond acceptors (Lipinski definition) is 4. The molecule has 1 fully saturated rings. The number of nitrogens with zero attached hydrogens (tertiary/aromatic N) is 4. The van der Waals surface area contributed by atoms with Crippen molar-refractivity contribution in [3.8, 4) is 5.69 Å². The molecule has 0 saturated carbocycles. The molecule has 1 unspecified atom stereocenters. The fourth-order valence-corrected chi connectivity index (χ4v) is 3.87. The highest BCUT2D eigenvalue weighted by atomic mass is 19.1. The highest BCUT2D eigenvalue weighted by Crippen LogP contribution is 2.20. The zero-order chi connectivity index (χ0) is 20.3. The fourth-order valence-electron chi connectivity index (χ4n) is 3.87. The molecular weight excluding hydrogens is 360 g/mol. The monoisotopic (exact) mass is 391 g/mol. The molecule has 3 rings (SSSR count). The van der Waals surface area contributed by atoms with Gasteiger partial charge in [-0.05, 0) is 39.4 Å². The Morgan fingerprint density at radius 1 is 1.14 bits per heavy atom. The maximum atomic E-state index is 14.1. The third-order valence-electron chi connectivity index (χ3n) is 5.80. The van der Waals surface area contributed by atoms with Crippen molar-refractivity contribution in [3.05, 3.63) is 46.8 Å². The van der Waals surface area contributed by atoms with Crippen LogP contribution in [0.1, 0.15) is 30.8 Å². The van der Waals surface area contributed by atoms with Gasteiger partial charge >= 0.3 is 0 Å². The molecule has 0 aliphatic carbocycles. The van der Waals surface area contributed by atoms with Crippen LogP contribution in [-0.4, -0.2) is 64.9 Å². The van der Waals surface area contributed by atoms with Crippen molar-refractivity contribution in [1.82, 2.24) is 24.9 Å². The number of piperazine rings is 1. The van der Waals surface area contributed by atoms with E-state index in [-0.39, 0.29) is 5.69 Å². The van der Waals surface area contributed by atoms with Gasteiger partial charge < -0.3 is 10.2 Å². The predicted molar refractivity (Wildman–Crippen MR) is 108 cm³/mol. The van der Waals surface area contributed by atoms with Gasteiger partial charge in [-0.15, -0.1) is 0 Å². The first-order valence-corrected chi connectivity index (χ1v) is 10.1. The Kier molecular flexibility index (Phi) is 6.80. The van der Waals surface area contributed by atoms with Gasteiger partial charge in [0.2, 0.25) is 0 Å². The molecule has 0 spiro atoms. The molecule has 154 valence electrons. The molecule has 0 bridgehead atoms. The minimum Gasteiger partial charge on any atom is -0.311 e. The minimum atomic E-state index is -0.607. The first-order chi connectivity index (χ1) is 13.4. The molecular formula is C21H31F2N5. The molecule has 1 atom stereocenters. The summed E-state index contributed by atoms with van der Waals surface area (Å²) in [5.74, 6) is -1.19. The van der Waals surface area contributed by atoms with E-state index in [0.29, 0.717) is 12.6 Å². The normalized spacial score (nSPS) is 17.2. The van der Waals surface area contributed by atoms with Crippen LogP contribution in [-0.2, 0) is 6.54 Å². The lowest BCUT2D eigenvalue weighted by molar-refractivity contribution is 0.105. The lowest BCUT2D eigenvalue weighted by Crippen LogP contribution is -2.51. The van der Waals surface area contributed by atoms with Gasteiger partial charge in [0.25, 0.3) is 0 Å². The number of halogens is 2. The summed E-state index contributed by atoms with van der Waals surface area (Å²) >= 11 is 0. The Bertz CT molecular complexity index is 796. The molecule has 1 aromatic heterocycles. The van der Waals surface area contributed by atoms with Crippen molar-refractivity contribution in [2.24, 2.45) is 0 Å². The second-order valence-electron chi connectivity index (χ2n) is 7.61. The van der Waals surface area contributed by atoms with Crippen molar-refractivity contribution in [2.75, 3.05) is 39.3 Å². The molecule has 0 amide bonds. The summed E-state index contributed by atoms with van der Waals surface area (Å²) in [5.41, 5.74) is 3.07. The summed E-state index contributed by atoms with van der Waals surface area (Å²) in [4.78, 5) is 5.00. The number of benzene rings is 1. The number of hydrogen-bond donors (Lipinski definition) is 1. The second kappa shape index (κ2) is 9.11. The van der Waals surface area contributed by atoms with Crippen molar-refractivity contribution in [3.63, 3.8) is 0 Å². The third-order valence-corrected chi connectivity index (χ3v) is 5.80.